The zero-order valence-corrected chi connectivity index (χ0v) is 15.1. The summed E-state index contributed by atoms with van der Waals surface area (Å²) in [6.07, 6.45) is 6.78. The van der Waals surface area contributed by atoms with Crippen molar-refractivity contribution in [2.24, 2.45) is 5.92 Å². The summed E-state index contributed by atoms with van der Waals surface area (Å²) in [5, 5.41) is 2.89. The first-order valence-electron chi connectivity index (χ1n) is 8.18. The topological polar surface area (TPSA) is 32.3 Å². The van der Waals surface area contributed by atoms with E-state index in [0.29, 0.717) is 18.0 Å². The molecular weight excluding hydrogens is 359 g/mol. The lowest BCUT2D eigenvalue weighted by Gasteiger charge is -2.29. The van der Waals surface area contributed by atoms with Gasteiger partial charge < -0.3 is 10.2 Å². The molecule has 126 valence electrons. The average molecular weight is 383 g/mol. The number of piperidine rings is 1. The van der Waals surface area contributed by atoms with Crippen LogP contribution in [0.1, 0.15) is 31.7 Å². The highest BCUT2D eigenvalue weighted by atomic mass is 79.9. The van der Waals surface area contributed by atoms with Crippen LogP contribution in [0.3, 0.4) is 0 Å². The molecule has 3 nitrogen and oxygen atoms in total. The largest absolute Gasteiger partial charge is 0.352 e. The zero-order chi connectivity index (χ0) is 16.7. The van der Waals surface area contributed by atoms with Crippen LogP contribution in [0.5, 0.6) is 0 Å². The molecule has 1 unspecified atom stereocenters. The van der Waals surface area contributed by atoms with Gasteiger partial charge in [0.15, 0.2) is 0 Å². The summed E-state index contributed by atoms with van der Waals surface area (Å²) in [5.41, 5.74) is 0.399. The van der Waals surface area contributed by atoms with Crippen molar-refractivity contribution in [3.63, 3.8) is 0 Å². The smallest absolute Gasteiger partial charge is 0.244 e. The van der Waals surface area contributed by atoms with E-state index in [-0.39, 0.29) is 11.7 Å². The van der Waals surface area contributed by atoms with Gasteiger partial charge in [-0.25, -0.2) is 4.39 Å². The van der Waals surface area contributed by atoms with Crippen LogP contribution < -0.4 is 5.32 Å². The molecule has 1 saturated heterocycles. The molecular formula is C18H24BrFN2O. The maximum absolute atomic E-state index is 13.6. The van der Waals surface area contributed by atoms with Crippen LogP contribution >= 0.6 is 15.9 Å². The summed E-state index contributed by atoms with van der Waals surface area (Å²) in [7, 11) is 0. The molecule has 1 heterocycles. The third-order valence-corrected chi connectivity index (χ3v) is 4.51. The summed E-state index contributed by atoms with van der Waals surface area (Å²) in [6, 6.07) is 4.66. The highest BCUT2D eigenvalue weighted by molar-refractivity contribution is 9.10. The van der Waals surface area contributed by atoms with E-state index in [1.165, 1.54) is 50.6 Å². The fourth-order valence-corrected chi connectivity index (χ4v) is 3.17. The molecule has 5 heteroatoms. The minimum Gasteiger partial charge on any atom is -0.352 e. The van der Waals surface area contributed by atoms with Crippen LogP contribution in [0.4, 0.5) is 4.39 Å². The van der Waals surface area contributed by atoms with Gasteiger partial charge in [-0.05, 0) is 56.1 Å². The molecule has 0 spiro atoms. The lowest BCUT2D eigenvalue weighted by atomic mass is 10.1. The Kier molecular flexibility index (Phi) is 7.24. The van der Waals surface area contributed by atoms with Crippen molar-refractivity contribution in [3.8, 4) is 0 Å². The Balaban J connectivity index is 1.75. The number of carbonyl (C=O) groups excluding carboxylic acids is 1. The molecule has 1 aliphatic rings. The molecule has 0 bridgehead atoms. The SMILES string of the molecule is CC(CNC(=O)/C=C/c1cc(Br)ccc1F)CN1CCCCC1. The second-order valence-corrected chi connectivity index (χ2v) is 7.13. The molecule has 0 aliphatic carbocycles. The monoisotopic (exact) mass is 382 g/mol. The molecule has 1 aromatic carbocycles. The maximum Gasteiger partial charge on any atom is 0.244 e. The molecule has 1 N–H and O–H groups in total. The standard InChI is InChI=1S/C18H24BrFN2O/c1-14(13-22-9-3-2-4-10-22)12-21-18(23)8-5-15-11-16(19)6-7-17(15)20/h5-8,11,14H,2-4,9-10,12-13H2,1H3,(H,21,23)/b8-5+. The molecule has 1 aromatic rings. The first kappa shape index (κ1) is 18.1. The molecule has 1 amide bonds. The number of likely N-dealkylation sites (tertiary alicyclic amines) is 1. The van der Waals surface area contributed by atoms with E-state index in [1.807, 2.05) is 0 Å². The maximum atomic E-state index is 13.6. The Bertz CT molecular complexity index is 556. The number of rotatable bonds is 6. The van der Waals surface area contributed by atoms with Gasteiger partial charge in [0.2, 0.25) is 5.91 Å². The lowest BCUT2D eigenvalue weighted by Crippen LogP contribution is -2.37. The van der Waals surface area contributed by atoms with E-state index in [0.717, 1.165) is 11.0 Å². The van der Waals surface area contributed by atoms with Crippen molar-refractivity contribution in [2.75, 3.05) is 26.2 Å². The van der Waals surface area contributed by atoms with E-state index < -0.39 is 0 Å². The Morgan fingerprint density at radius 3 is 2.87 bits per heavy atom. The quantitative estimate of drug-likeness (QED) is 0.758. The number of carbonyl (C=O) groups is 1. The Hall–Kier alpha value is -1.20. The lowest BCUT2D eigenvalue weighted by molar-refractivity contribution is -0.116. The van der Waals surface area contributed by atoms with Crippen LogP contribution in [0.2, 0.25) is 0 Å². The van der Waals surface area contributed by atoms with E-state index in [4.69, 9.17) is 0 Å². The number of benzene rings is 1. The van der Waals surface area contributed by atoms with Gasteiger partial charge in [-0.1, -0.05) is 29.3 Å². The van der Waals surface area contributed by atoms with Crippen LogP contribution in [-0.2, 0) is 4.79 Å². The predicted molar refractivity (Wildman–Crippen MR) is 95.6 cm³/mol. The Labute approximate surface area is 146 Å². The minimum atomic E-state index is -0.337. The predicted octanol–water partition coefficient (Wildman–Crippen LogP) is 3.84. The third kappa shape index (κ3) is 6.43. The average Bonchev–Trinajstić information content (AvgIpc) is 2.54. The van der Waals surface area contributed by atoms with E-state index in [2.05, 4.69) is 33.1 Å². The summed E-state index contributed by atoms with van der Waals surface area (Å²) >= 11 is 3.29. The molecule has 0 radical (unpaired) electrons. The van der Waals surface area contributed by atoms with E-state index in [9.17, 15) is 9.18 Å². The number of halogens is 2. The molecule has 2 rings (SSSR count). The molecule has 1 atom stereocenters. The summed E-state index contributed by atoms with van der Waals surface area (Å²) in [4.78, 5) is 14.3. The fraction of sp³-hybridized carbons (Fsp3) is 0.500. The van der Waals surface area contributed by atoms with Gasteiger partial charge in [0.05, 0.1) is 0 Å². The number of nitrogens with zero attached hydrogens (tertiary/aromatic N) is 1. The number of nitrogens with one attached hydrogen (secondary N) is 1. The van der Waals surface area contributed by atoms with Crippen LogP contribution in [0, 0.1) is 11.7 Å². The first-order chi connectivity index (χ1) is 11.0. The van der Waals surface area contributed by atoms with Crippen molar-refractivity contribution in [1.82, 2.24) is 10.2 Å². The summed E-state index contributed by atoms with van der Waals surface area (Å²) < 4.78 is 14.4. The number of hydrogen-bond donors (Lipinski definition) is 1. The van der Waals surface area contributed by atoms with Gasteiger partial charge in [-0.15, -0.1) is 0 Å². The van der Waals surface area contributed by atoms with Gasteiger partial charge in [-0.2, -0.15) is 0 Å². The van der Waals surface area contributed by atoms with Crippen molar-refractivity contribution < 1.29 is 9.18 Å². The highest BCUT2D eigenvalue weighted by Crippen LogP contribution is 2.16. The second-order valence-electron chi connectivity index (χ2n) is 6.21. The number of hydrogen-bond acceptors (Lipinski definition) is 2. The minimum absolute atomic E-state index is 0.185. The van der Waals surface area contributed by atoms with E-state index >= 15 is 0 Å². The second kappa shape index (κ2) is 9.18. The summed E-state index contributed by atoms with van der Waals surface area (Å²) in [5.74, 6) is -0.112. The van der Waals surface area contributed by atoms with Gasteiger partial charge in [0, 0.05) is 29.2 Å². The van der Waals surface area contributed by atoms with Crippen molar-refractivity contribution in [2.45, 2.75) is 26.2 Å². The van der Waals surface area contributed by atoms with Gasteiger partial charge in [-0.3, -0.25) is 4.79 Å². The number of amides is 1. The van der Waals surface area contributed by atoms with Crippen LogP contribution in [-0.4, -0.2) is 37.0 Å². The molecule has 0 aromatic heterocycles. The normalized spacial score (nSPS) is 17.3. The fourth-order valence-electron chi connectivity index (χ4n) is 2.79. The highest BCUT2D eigenvalue weighted by Gasteiger charge is 2.13. The summed E-state index contributed by atoms with van der Waals surface area (Å²) in [6.45, 7) is 6.14. The van der Waals surface area contributed by atoms with Crippen molar-refractivity contribution >= 4 is 27.9 Å². The molecule has 23 heavy (non-hydrogen) atoms. The zero-order valence-electron chi connectivity index (χ0n) is 13.5. The first-order valence-corrected chi connectivity index (χ1v) is 8.97. The third-order valence-electron chi connectivity index (χ3n) is 4.02. The Morgan fingerprint density at radius 2 is 2.13 bits per heavy atom. The van der Waals surface area contributed by atoms with Crippen molar-refractivity contribution in [1.29, 1.82) is 0 Å². The van der Waals surface area contributed by atoms with Gasteiger partial charge >= 0.3 is 0 Å². The van der Waals surface area contributed by atoms with Crippen LogP contribution in [0.25, 0.3) is 6.08 Å². The van der Waals surface area contributed by atoms with Crippen molar-refractivity contribution in [3.05, 3.63) is 40.1 Å². The van der Waals surface area contributed by atoms with E-state index in [1.54, 1.807) is 12.1 Å². The van der Waals surface area contributed by atoms with Gasteiger partial charge in [0.25, 0.3) is 0 Å². The Morgan fingerprint density at radius 1 is 1.39 bits per heavy atom. The molecule has 1 fully saturated rings. The molecule has 1 aliphatic heterocycles. The van der Waals surface area contributed by atoms with Gasteiger partial charge in [0.1, 0.15) is 5.82 Å². The molecule has 0 saturated carbocycles. The van der Waals surface area contributed by atoms with Crippen LogP contribution in [0.15, 0.2) is 28.7 Å².